The van der Waals surface area contributed by atoms with Gasteiger partial charge in [0.15, 0.2) is 5.82 Å². The minimum Gasteiger partial charge on any atom is -0.382 e. The number of aromatic nitrogens is 3. The van der Waals surface area contributed by atoms with E-state index in [-0.39, 0.29) is 17.9 Å². The summed E-state index contributed by atoms with van der Waals surface area (Å²) in [5.74, 6) is 0.365. The molecule has 148 valence electrons. The van der Waals surface area contributed by atoms with Crippen molar-refractivity contribution in [3.8, 4) is 11.3 Å². The largest absolute Gasteiger partial charge is 0.382 e. The highest BCUT2D eigenvalue weighted by molar-refractivity contribution is 6.03. The van der Waals surface area contributed by atoms with E-state index in [2.05, 4.69) is 20.6 Å². The van der Waals surface area contributed by atoms with E-state index in [1.54, 1.807) is 11.1 Å². The molecule has 0 bridgehead atoms. The number of amides is 2. The maximum Gasteiger partial charge on any atom is 0.328 e. The molecule has 1 atom stereocenters. The molecule has 0 aromatic carbocycles. The first kappa shape index (κ1) is 18.8. The van der Waals surface area contributed by atoms with E-state index in [1.807, 2.05) is 38.1 Å². The molecule has 29 heavy (non-hydrogen) atoms. The van der Waals surface area contributed by atoms with E-state index >= 15 is 0 Å². The first-order valence-electron chi connectivity index (χ1n) is 9.41. The lowest BCUT2D eigenvalue weighted by Gasteiger charge is -2.27. The third kappa shape index (κ3) is 4.01. The molecule has 8 heteroatoms. The average Bonchev–Trinajstić information content (AvgIpc) is 2.87. The summed E-state index contributed by atoms with van der Waals surface area (Å²) in [6, 6.07) is 9.93. The standard InChI is InChI=1S/C21H21FN6O/c1-13-11-15(8-10-23-13)17-4-5-18-20(26-17)28(14(2)7-9-24-18)21(29)27-19-6-3-16(22)12-25-19/h3-6,8,10-12,14,24H,7,9H2,1-2H3,(H,25,27,29)/t14-/m1/s1. The smallest absolute Gasteiger partial charge is 0.328 e. The second-order valence-corrected chi connectivity index (χ2v) is 6.98. The van der Waals surface area contributed by atoms with Crippen LogP contribution in [0.4, 0.5) is 26.5 Å². The highest BCUT2D eigenvalue weighted by atomic mass is 19.1. The zero-order valence-electron chi connectivity index (χ0n) is 16.2. The fraction of sp³-hybridized carbons (Fsp3) is 0.238. The molecular formula is C21H21FN6O. The molecule has 4 rings (SSSR count). The molecule has 1 aliphatic heterocycles. The van der Waals surface area contributed by atoms with Gasteiger partial charge in [-0.05, 0) is 56.7 Å². The first-order chi connectivity index (χ1) is 14.0. The molecule has 0 saturated heterocycles. The molecule has 0 radical (unpaired) electrons. The quantitative estimate of drug-likeness (QED) is 0.682. The van der Waals surface area contributed by atoms with Crippen molar-refractivity contribution in [2.75, 3.05) is 22.1 Å². The number of urea groups is 1. The Morgan fingerprint density at radius 1 is 1.24 bits per heavy atom. The third-order valence-electron chi connectivity index (χ3n) is 4.80. The number of rotatable bonds is 2. The molecule has 1 aliphatic rings. The van der Waals surface area contributed by atoms with Gasteiger partial charge in [-0.1, -0.05) is 0 Å². The van der Waals surface area contributed by atoms with Crippen molar-refractivity contribution in [2.45, 2.75) is 26.3 Å². The number of carbonyl (C=O) groups excluding carboxylic acids is 1. The zero-order chi connectivity index (χ0) is 20.4. The van der Waals surface area contributed by atoms with Crippen molar-refractivity contribution in [1.82, 2.24) is 15.0 Å². The number of nitrogens with one attached hydrogen (secondary N) is 2. The first-order valence-corrected chi connectivity index (χ1v) is 9.41. The van der Waals surface area contributed by atoms with Gasteiger partial charge in [0, 0.05) is 30.0 Å². The molecule has 0 saturated carbocycles. The summed E-state index contributed by atoms with van der Waals surface area (Å²) in [5.41, 5.74) is 3.36. The molecule has 2 N–H and O–H groups in total. The van der Waals surface area contributed by atoms with Crippen LogP contribution in [0, 0.1) is 12.7 Å². The van der Waals surface area contributed by atoms with Gasteiger partial charge in [0.25, 0.3) is 0 Å². The summed E-state index contributed by atoms with van der Waals surface area (Å²) in [7, 11) is 0. The van der Waals surface area contributed by atoms with Crippen molar-refractivity contribution in [2.24, 2.45) is 0 Å². The SMILES string of the molecule is Cc1cc(-c2ccc3c(n2)N(C(=O)Nc2ccc(F)cn2)[C@H](C)CCN3)ccn1. The predicted molar refractivity (Wildman–Crippen MR) is 110 cm³/mol. The molecule has 0 fully saturated rings. The molecule has 0 aliphatic carbocycles. The van der Waals surface area contributed by atoms with Crippen LogP contribution in [-0.4, -0.2) is 33.6 Å². The highest BCUT2D eigenvalue weighted by Crippen LogP contribution is 2.32. The molecule has 2 amide bonds. The van der Waals surface area contributed by atoms with Crippen molar-refractivity contribution >= 4 is 23.4 Å². The van der Waals surface area contributed by atoms with Crippen LogP contribution in [0.15, 0.2) is 48.8 Å². The van der Waals surface area contributed by atoms with Crippen molar-refractivity contribution in [1.29, 1.82) is 0 Å². The molecule has 7 nitrogen and oxygen atoms in total. The number of fused-ring (bicyclic) bond motifs is 1. The predicted octanol–water partition coefficient (Wildman–Crippen LogP) is 4.23. The van der Waals surface area contributed by atoms with Crippen LogP contribution in [0.1, 0.15) is 19.0 Å². The van der Waals surface area contributed by atoms with Crippen LogP contribution in [0.5, 0.6) is 0 Å². The lowest BCUT2D eigenvalue weighted by atomic mass is 10.1. The fourth-order valence-corrected chi connectivity index (χ4v) is 3.31. The van der Waals surface area contributed by atoms with Crippen molar-refractivity contribution in [3.63, 3.8) is 0 Å². The van der Waals surface area contributed by atoms with Gasteiger partial charge in [-0.2, -0.15) is 0 Å². The summed E-state index contributed by atoms with van der Waals surface area (Å²) in [4.78, 5) is 27.6. The van der Waals surface area contributed by atoms with E-state index in [0.717, 1.165) is 41.8 Å². The third-order valence-corrected chi connectivity index (χ3v) is 4.80. The van der Waals surface area contributed by atoms with E-state index in [0.29, 0.717) is 5.82 Å². The topological polar surface area (TPSA) is 83.0 Å². The van der Waals surface area contributed by atoms with Crippen LogP contribution >= 0.6 is 0 Å². The maximum absolute atomic E-state index is 13.1. The van der Waals surface area contributed by atoms with Crippen LogP contribution < -0.4 is 15.5 Å². The normalized spacial score (nSPS) is 15.8. The van der Waals surface area contributed by atoms with Gasteiger partial charge in [0.1, 0.15) is 11.6 Å². The number of hydrogen-bond donors (Lipinski definition) is 2. The molecular weight excluding hydrogens is 371 g/mol. The Balaban J connectivity index is 1.71. The number of carbonyl (C=O) groups is 1. The van der Waals surface area contributed by atoms with E-state index in [1.165, 1.54) is 12.1 Å². The van der Waals surface area contributed by atoms with Gasteiger partial charge >= 0.3 is 6.03 Å². The minimum absolute atomic E-state index is 0.0916. The van der Waals surface area contributed by atoms with Gasteiger partial charge in [-0.3, -0.25) is 15.2 Å². The average molecular weight is 392 g/mol. The number of anilines is 3. The molecule has 0 unspecified atom stereocenters. The molecule has 3 aromatic rings. The minimum atomic E-state index is -0.459. The second kappa shape index (κ2) is 7.83. The summed E-state index contributed by atoms with van der Waals surface area (Å²) in [5, 5.41) is 6.08. The van der Waals surface area contributed by atoms with Gasteiger partial charge in [-0.25, -0.2) is 19.2 Å². The number of hydrogen-bond acceptors (Lipinski definition) is 5. The maximum atomic E-state index is 13.1. The van der Waals surface area contributed by atoms with E-state index < -0.39 is 5.82 Å². The summed E-state index contributed by atoms with van der Waals surface area (Å²) in [6.45, 7) is 4.62. The Hall–Kier alpha value is -3.55. The Bertz CT molecular complexity index is 1040. The zero-order valence-corrected chi connectivity index (χ0v) is 16.2. The van der Waals surface area contributed by atoms with Gasteiger partial charge in [0.2, 0.25) is 0 Å². The van der Waals surface area contributed by atoms with Crippen LogP contribution in [0.3, 0.4) is 0 Å². The van der Waals surface area contributed by atoms with E-state index in [4.69, 9.17) is 4.98 Å². The van der Waals surface area contributed by atoms with E-state index in [9.17, 15) is 9.18 Å². The summed E-state index contributed by atoms with van der Waals surface area (Å²) < 4.78 is 13.1. The summed E-state index contributed by atoms with van der Waals surface area (Å²) in [6.07, 6.45) is 3.56. The Morgan fingerprint density at radius 2 is 2.10 bits per heavy atom. The monoisotopic (exact) mass is 392 g/mol. The Morgan fingerprint density at radius 3 is 2.86 bits per heavy atom. The summed E-state index contributed by atoms with van der Waals surface area (Å²) >= 11 is 0. The lowest BCUT2D eigenvalue weighted by molar-refractivity contribution is 0.255. The fourth-order valence-electron chi connectivity index (χ4n) is 3.31. The van der Waals surface area contributed by atoms with Gasteiger partial charge in [-0.15, -0.1) is 0 Å². The number of halogens is 1. The highest BCUT2D eigenvalue weighted by Gasteiger charge is 2.29. The van der Waals surface area contributed by atoms with Gasteiger partial charge < -0.3 is 5.32 Å². The van der Waals surface area contributed by atoms with Gasteiger partial charge in [0.05, 0.1) is 17.6 Å². The Kier molecular flexibility index (Phi) is 5.07. The molecule has 3 aromatic heterocycles. The van der Waals surface area contributed by atoms with Crippen LogP contribution in [0.2, 0.25) is 0 Å². The molecule has 0 spiro atoms. The lowest BCUT2D eigenvalue weighted by Crippen LogP contribution is -2.42. The number of nitrogens with zero attached hydrogens (tertiary/aromatic N) is 4. The van der Waals surface area contributed by atoms with Crippen molar-refractivity contribution < 1.29 is 9.18 Å². The van der Waals surface area contributed by atoms with Crippen LogP contribution in [0.25, 0.3) is 11.3 Å². The van der Waals surface area contributed by atoms with Crippen LogP contribution in [-0.2, 0) is 0 Å². The number of aryl methyl sites for hydroxylation is 1. The van der Waals surface area contributed by atoms with Crippen molar-refractivity contribution in [3.05, 3.63) is 60.3 Å². The molecule has 4 heterocycles. The Labute approximate surface area is 168 Å². The second-order valence-electron chi connectivity index (χ2n) is 6.98. The number of pyridine rings is 3.